The van der Waals surface area contributed by atoms with Gasteiger partial charge in [-0.2, -0.15) is 5.10 Å². The Morgan fingerprint density at radius 2 is 1.74 bits per heavy atom. The number of pyridine rings is 1. The molecule has 0 N–H and O–H groups in total. The number of hydrogen-bond acceptors (Lipinski definition) is 4. The van der Waals surface area contributed by atoms with Crippen LogP contribution in [0.4, 0.5) is 0 Å². The minimum absolute atomic E-state index is 0.202. The molecule has 3 heterocycles. The zero-order valence-electron chi connectivity index (χ0n) is 18.8. The number of rotatable bonds is 5. The zero-order valence-corrected chi connectivity index (χ0v) is 21.1. The van der Waals surface area contributed by atoms with E-state index in [0.29, 0.717) is 43.4 Å². The SMILES string of the molecule is Cc1nc2c(OCc3ccc(Cl)cc3Cl)cccn2c(=O)c1-c1cc(C)n(-c2ccccc2Cl)n1. The van der Waals surface area contributed by atoms with Gasteiger partial charge in [-0.3, -0.25) is 9.20 Å². The van der Waals surface area contributed by atoms with Crippen LogP contribution in [-0.2, 0) is 6.61 Å². The first kappa shape index (κ1) is 23.4. The van der Waals surface area contributed by atoms with Gasteiger partial charge in [-0.1, -0.05) is 53.0 Å². The summed E-state index contributed by atoms with van der Waals surface area (Å²) < 4.78 is 9.18. The second kappa shape index (κ2) is 9.38. The predicted octanol–water partition coefficient (Wildman–Crippen LogP) is 6.70. The Bertz CT molecular complexity index is 1640. The predicted molar refractivity (Wildman–Crippen MR) is 139 cm³/mol. The molecule has 0 saturated carbocycles. The monoisotopic (exact) mass is 524 g/mol. The van der Waals surface area contributed by atoms with Crippen LogP contribution in [-0.4, -0.2) is 19.2 Å². The Morgan fingerprint density at radius 1 is 0.943 bits per heavy atom. The van der Waals surface area contributed by atoms with Gasteiger partial charge in [-0.05, 0) is 56.3 Å². The summed E-state index contributed by atoms with van der Waals surface area (Å²) in [4.78, 5) is 18.2. The van der Waals surface area contributed by atoms with Gasteiger partial charge in [0.05, 0.1) is 22.0 Å². The number of nitrogens with zero attached hydrogens (tertiary/aromatic N) is 4. The van der Waals surface area contributed by atoms with Gasteiger partial charge in [0.1, 0.15) is 12.3 Å². The average molecular weight is 526 g/mol. The Balaban J connectivity index is 1.55. The third-order valence-electron chi connectivity index (χ3n) is 5.62. The van der Waals surface area contributed by atoms with E-state index in [0.717, 1.165) is 16.9 Å². The van der Waals surface area contributed by atoms with E-state index >= 15 is 0 Å². The molecule has 0 spiro atoms. The molecule has 6 nitrogen and oxygen atoms in total. The smallest absolute Gasteiger partial charge is 0.267 e. The molecule has 0 aliphatic rings. The molecule has 0 aliphatic heterocycles. The first-order valence-corrected chi connectivity index (χ1v) is 11.9. The molecule has 0 radical (unpaired) electrons. The standard InChI is InChI=1S/C26H19Cl3N4O2/c1-15-12-21(31-33(15)22-7-4-3-6-19(22)28)24-16(2)30-25-23(8-5-11-32(25)26(24)34)35-14-17-9-10-18(27)13-20(17)29/h3-13H,14H2,1-2H3. The molecule has 5 rings (SSSR count). The van der Waals surface area contributed by atoms with E-state index in [4.69, 9.17) is 44.5 Å². The summed E-state index contributed by atoms with van der Waals surface area (Å²) in [6.07, 6.45) is 1.66. The first-order chi connectivity index (χ1) is 16.8. The molecular weight excluding hydrogens is 507 g/mol. The summed E-state index contributed by atoms with van der Waals surface area (Å²) >= 11 is 18.6. The zero-order chi connectivity index (χ0) is 24.7. The highest BCUT2D eigenvalue weighted by Gasteiger charge is 2.19. The van der Waals surface area contributed by atoms with Gasteiger partial charge in [0.25, 0.3) is 5.56 Å². The number of ether oxygens (including phenoxy) is 1. The molecule has 0 bridgehead atoms. The van der Waals surface area contributed by atoms with Crippen LogP contribution >= 0.6 is 34.8 Å². The maximum absolute atomic E-state index is 13.5. The molecule has 176 valence electrons. The van der Waals surface area contributed by atoms with E-state index in [1.807, 2.05) is 31.2 Å². The second-order valence-corrected chi connectivity index (χ2v) is 9.25. The largest absolute Gasteiger partial charge is 0.485 e. The topological polar surface area (TPSA) is 61.4 Å². The molecule has 3 aromatic heterocycles. The summed E-state index contributed by atoms with van der Waals surface area (Å²) in [7, 11) is 0. The van der Waals surface area contributed by atoms with Crippen molar-refractivity contribution in [1.82, 2.24) is 19.2 Å². The summed E-state index contributed by atoms with van der Waals surface area (Å²) in [6.45, 7) is 3.90. The molecule has 5 aromatic rings. The maximum Gasteiger partial charge on any atom is 0.267 e. The molecule has 0 aliphatic carbocycles. The van der Waals surface area contributed by atoms with Gasteiger partial charge < -0.3 is 4.74 Å². The normalized spacial score (nSPS) is 11.2. The van der Waals surface area contributed by atoms with Crippen molar-refractivity contribution in [2.24, 2.45) is 0 Å². The molecule has 0 amide bonds. The third-order valence-corrected chi connectivity index (χ3v) is 6.53. The van der Waals surface area contributed by atoms with Crippen LogP contribution in [0.25, 0.3) is 22.6 Å². The van der Waals surface area contributed by atoms with E-state index in [9.17, 15) is 4.79 Å². The Hall–Kier alpha value is -3.32. The van der Waals surface area contributed by atoms with Crippen LogP contribution in [0.2, 0.25) is 15.1 Å². The second-order valence-electron chi connectivity index (χ2n) is 8.00. The lowest BCUT2D eigenvalue weighted by atomic mass is 10.1. The number of aromatic nitrogens is 4. The van der Waals surface area contributed by atoms with Gasteiger partial charge in [0, 0.05) is 27.5 Å². The van der Waals surface area contributed by atoms with Gasteiger partial charge in [-0.15, -0.1) is 0 Å². The molecule has 0 atom stereocenters. The van der Waals surface area contributed by atoms with Crippen molar-refractivity contribution in [2.75, 3.05) is 0 Å². The highest BCUT2D eigenvalue weighted by Crippen LogP contribution is 2.27. The van der Waals surface area contributed by atoms with Crippen molar-refractivity contribution in [3.63, 3.8) is 0 Å². The summed E-state index contributed by atoms with van der Waals surface area (Å²) in [5.41, 5.74) is 3.99. The summed E-state index contributed by atoms with van der Waals surface area (Å²) in [5, 5.41) is 6.30. The van der Waals surface area contributed by atoms with Gasteiger partial charge in [-0.25, -0.2) is 9.67 Å². The molecule has 0 saturated heterocycles. The van der Waals surface area contributed by atoms with Crippen LogP contribution < -0.4 is 10.3 Å². The fourth-order valence-corrected chi connectivity index (χ4v) is 4.59. The van der Waals surface area contributed by atoms with Crippen LogP contribution in [0.1, 0.15) is 17.0 Å². The lowest BCUT2D eigenvalue weighted by Gasteiger charge is -2.12. The van der Waals surface area contributed by atoms with Gasteiger partial charge in [0.15, 0.2) is 11.4 Å². The number of hydrogen-bond donors (Lipinski definition) is 0. The van der Waals surface area contributed by atoms with Crippen LogP contribution in [0.5, 0.6) is 5.75 Å². The number of halogens is 3. The van der Waals surface area contributed by atoms with E-state index in [-0.39, 0.29) is 12.2 Å². The van der Waals surface area contributed by atoms with Crippen molar-refractivity contribution in [3.8, 4) is 22.7 Å². The minimum atomic E-state index is -0.244. The average Bonchev–Trinajstić information content (AvgIpc) is 3.19. The Labute approximate surface area is 216 Å². The van der Waals surface area contributed by atoms with Crippen molar-refractivity contribution >= 4 is 40.4 Å². The van der Waals surface area contributed by atoms with Crippen molar-refractivity contribution in [3.05, 3.63) is 109 Å². The van der Waals surface area contributed by atoms with Crippen LogP contribution in [0.3, 0.4) is 0 Å². The highest BCUT2D eigenvalue weighted by molar-refractivity contribution is 6.35. The number of para-hydroxylation sites is 1. The van der Waals surface area contributed by atoms with Crippen LogP contribution in [0.15, 0.2) is 71.7 Å². The lowest BCUT2D eigenvalue weighted by molar-refractivity contribution is 0.308. The number of fused-ring (bicyclic) bond motifs is 1. The van der Waals surface area contributed by atoms with Gasteiger partial charge in [0.2, 0.25) is 0 Å². The van der Waals surface area contributed by atoms with Crippen LogP contribution in [0, 0.1) is 13.8 Å². The lowest BCUT2D eigenvalue weighted by Crippen LogP contribution is -2.19. The van der Waals surface area contributed by atoms with Crippen molar-refractivity contribution in [1.29, 1.82) is 0 Å². The molecule has 9 heteroatoms. The van der Waals surface area contributed by atoms with E-state index in [2.05, 4.69) is 5.10 Å². The van der Waals surface area contributed by atoms with Crippen molar-refractivity contribution < 1.29 is 4.74 Å². The van der Waals surface area contributed by atoms with E-state index in [1.165, 1.54) is 4.40 Å². The third kappa shape index (κ3) is 4.41. The fourth-order valence-electron chi connectivity index (χ4n) is 3.91. The molecular formula is C26H19Cl3N4O2. The Morgan fingerprint density at radius 3 is 2.51 bits per heavy atom. The number of aryl methyl sites for hydroxylation is 2. The number of benzene rings is 2. The first-order valence-electron chi connectivity index (χ1n) is 10.7. The summed E-state index contributed by atoms with van der Waals surface area (Å²) in [6, 6.07) is 18.0. The van der Waals surface area contributed by atoms with Crippen molar-refractivity contribution in [2.45, 2.75) is 20.5 Å². The van der Waals surface area contributed by atoms with E-state index < -0.39 is 0 Å². The quantitative estimate of drug-likeness (QED) is 0.256. The Kier molecular flexibility index (Phi) is 6.28. The summed E-state index contributed by atoms with van der Waals surface area (Å²) in [5.74, 6) is 0.461. The fraction of sp³-hybridized carbons (Fsp3) is 0.115. The molecule has 0 unspecified atom stereocenters. The molecule has 35 heavy (non-hydrogen) atoms. The maximum atomic E-state index is 13.5. The minimum Gasteiger partial charge on any atom is -0.485 e. The van der Waals surface area contributed by atoms with Gasteiger partial charge >= 0.3 is 0 Å². The highest BCUT2D eigenvalue weighted by atomic mass is 35.5. The molecule has 2 aromatic carbocycles. The van der Waals surface area contributed by atoms with E-state index in [1.54, 1.807) is 54.2 Å². The molecule has 0 fully saturated rings.